The third-order valence-corrected chi connectivity index (χ3v) is 4.93. The highest BCUT2D eigenvalue weighted by Crippen LogP contribution is 2.27. The maximum Gasteiger partial charge on any atom is 0.259 e. The van der Waals surface area contributed by atoms with Crippen LogP contribution in [0.15, 0.2) is 59.6 Å². The minimum Gasteiger partial charge on any atom is -0.369 e. The van der Waals surface area contributed by atoms with E-state index in [9.17, 15) is 14.0 Å². The Labute approximate surface area is 159 Å². The molecule has 0 saturated heterocycles. The number of nitrogens with zero attached hydrogens (tertiary/aromatic N) is 2. The van der Waals surface area contributed by atoms with E-state index in [1.165, 1.54) is 30.1 Å². The van der Waals surface area contributed by atoms with Gasteiger partial charge in [-0.15, -0.1) is 11.8 Å². The molecule has 3 N–H and O–H groups in total. The van der Waals surface area contributed by atoms with Gasteiger partial charge in [0.05, 0.1) is 34.6 Å². The predicted molar refractivity (Wildman–Crippen MR) is 103 cm³/mol. The molecule has 0 aliphatic rings. The van der Waals surface area contributed by atoms with E-state index in [4.69, 9.17) is 5.73 Å². The zero-order chi connectivity index (χ0) is 19.4. The summed E-state index contributed by atoms with van der Waals surface area (Å²) in [7, 11) is 0. The Morgan fingerprint density at radius 2 is 1.89 bits per heavy atom. The van der Waals surface area contributed by atoms with Gasteiger partial charge in [-0.2, -0.15) is 5.10 Å². The van der Waals surface area contributed by atoms with Gasteiger partial charge in [0.2, 0.25) is 5.91 Å². The van der Waals surface area contributed by atoms with Crippen molar-refractivity contribution < 1.29 is 14.0 Å². The molecular formula is C19H17FN4O2S. The summed E-state index contributed by atoms with van der Waals surface area (Å²) >= 11 is 1.25. The molecule has 0 aliphatic carbocycles. The van der Waals surface area contributed by atoms with E-state index in [2.05, 4.69) is 10.4 Å². The maximum atomic E-state index is 13.1. The summed E-state index contributed by atoms with van der Waals surface area (Å²) in [6.45, 7) is 1.76. The van der Waals surface area contributed by atoms with E-state index >= 15 is 0 Å². The predicted octanol–water partition coefficient (Wildman–Crippen LogP) is 3.15. The lowest BCUT2D eigenvalue weighted by atomic mass is 10.2. The van der Waals surface area contributed by atoms with E-state index in [0.717, 1.165) is 4.90 Å². The molecule has 0 bridgehead atoms. The van der Waals surface area contributed by atoms with Crippen LogP contribution >= 0.6 is 11.8 Å². The van der Waals surface area contributed by atoms with Crippen molar-refractivity contribution in [1.82, 2.24) is 9.78 Å². The van der Waals surface area contributed by atoms with Crippen LogP contribution in [0.25, 0.3) is 5.69 Å². The lowest BCUT2D eigenvalue weighted by Gasteiger charge is -2.10. The molecule has 8 heteroatoms. The van der Waals surface area contributed by atoms with Crippen molar-refractivity contribution in [2.75, 3.05) is 11.1 Å². The Balaban J connectivity index is 1.82. The summed E-state index contributed by atoms with van der Waals surface area (Å²) < 4.78 is 14.7. The molecule has 1 aromatic heterocycles. The third kappa shape index (κ3) is 4.35. The highest BCUT2D eigenvalue weighted by molar-refractivity contribution is 8.00. The molecule has 2 aromatic carbocycles. The van der Waals surface area contributed by atoms with Crippen molar-refractivity contribution in [3.63, 3.8) is 0 Å². The fraction of sp³-hybridized carbons (Fsp3) is 0.105. The minimum absolute atomic E-state index is 0.119. The average molecular weight is 384 g/mol. The van der Waals surface area contributed by atoms with Crippen LogP contribution in [0.3, 0.4) is 0 Å². The van der Waals surface area contributed by atoms with Crippen molar-refractivity contribution >= 4 is 29.3 Å². The molecule has 0 radical (unpaired) electrons. The number of nitrogens with two attached hydrogens (primary N) is 1. The number of amides is 2. The molecule has 3 rings (SSSR count). The van der Waals surface area contributed by atoms with E-state index in [1.54, 1.807) is 41.9 Å². The number of aromatic nitrogens is 2. The van der Waals surface area contributed by atoms with E-state index in [0.29, 0.717) is 22.6 Å². The van der Waals surface area contributed by atoms with Crippen molar-refractivity contribution in [2.45, 2.75) is 11.8 Å². The Morgan fingerprint density at radius 3 is 2.59 bits per heavy atom. The first-order chi connectivity index (χ1) is 13.0. The minimum atomic E-state index is -0.433. The first-order valence-corrected chi connectivity index (χ1v) is 9.06. The van der Waals surface area contributed by atoms with Gasteiger partial charge in [0.1, 0.15) is 5.82 Å². The largest absolute Gasteiger partial charge is 0.369 e. The van der Waals surface area contributed by atoms with Crippen LogP contribution in [-0.2, 0) is 4.79 Å². The third-order valence-electron chi connectivity index (χ3n) is 3.83. The Bertz CT molecular complexity index is 986. The Morgan fingerprint density at radius 1 is 1.19 bits per heavy atom. The van der Waals surface area contributed by atoms with Gasteiger partial charge < -0.3 is 11.1 Å². The van der Waals surface area contributed by atoms with Gasteiger partial charge in [-0.05, 0) is 43.3 Å². The van der Waals surface area contributed by atoms with Gasteiger partial charge in [-0.25, -0.2) is 9.07 Å². The van der Waals surface area contributed by atoms with Crippen molar-refractivity contribution in [1.29, 1.82) is 0 Å². The molecule has 27 heavy (non-hydrogen) atoms. The van der Waals surface area contributed by atoms with Gasteiger partial charge in [0.15, 0.2) is 0 Å². The summed E-state index contributed by atoms with van der Waals surface area (Å²) in [5.41, 5.74) is 7.46. The number of para-hydroxylation sites is 1. The normalized spacial score (nSPS) is 10.6. The summed E-state index contributed by atoms with van der Waals surface area (Å²) in [5, 5.41) is 7.07. The number of carbonyl (C=O) groups excluding carboxylic acids is 2. The number of anilines is 1. The molecule has 138 valence electrons. The number of carbonyl (C=O) groups is 2. The monoisotopic (exact) mass is 384 g/mol. The van der Waals surface area contributed by atoms with Gasteiger partial charge in [0.25, 0.3) is 5.91 Å². The number of rotatable bonds is 6. The van der Waals surface area contributed by atoms with Gasteiger partial charge in [-0.1, -0.05) is 12.1 Å². The van der Waals surface area contributed by atoms with E-state index in [1.807, 2.05) is 6.07 Å². The summed E-state index contributed by atoms with van der Waals surface area (Å²) in [6.07, 6.45) is 1.47. The zero-order valence-corrected chi connectivity index (χ0v) is 15.3. The molecule has 0 unspecified atom stereocenters. The first-order valence-electron chi connectivity index (χ1n) is 8.08. The fourth-order valence-electron chi connectivity index (χ4n) is 2.51. The molecule has 6 nitrogen and oxygen atoms in total. The molecular weight excluding hydrogens is 367 g/mol. The SMILES string of the molecule is Cc1c(C(=O)Nc2ccccc2SCC(N)=O)cnn1-c1ccc(F)cc1. The number of thioether (sulfide) groups is 1. The van der Waals surface area contributed by atoms with Crippen molar-refractivity contribution in [3.8, 4) is 5.69 Å². The molecule has 2 amide bonds. The summed E-state index contributed by atoms with van der Waals surface area (Å²) in [6, 6.07) is 13.0. The zero-order valence-electron chi connectivity index (χ0n) is 14.5. The molecule has 0 spiro atoms. The number of hydrogen-bond acceptors (Lipinski definition) is 4. The molecule has 0 fully saturated rings. The van der Waals surface area contributed by atoms with Crippen LogP contribution < -0.4 is 11.1 Å². The summed E-state index contributed by atoms with van der Waals surface area (Å²) in [4.78, 5) is 24.5. The molecule has 0 saturated carbocycles. The first kappa shape index (κ1) is 18.7. The van der Waals surface area contributed by atoms with Gasteiger partial charge >= 0.3 is 0 Å². The Hall–Kier alpha value is -3.13. The second-order valence-electron chi connectivity index (χ2n) is 5.74. The highest BCUT2D eigenvalue weighted by atomic mass is 32.2. The quantitative estimate of drug-likeness (QED) is 0.639. The fourth-order valence-corrected chi connectivity index (χ4v) is 3.26. The molecule has 3 aromatic rings. The van der Waals surface area contributed by atoms with Crippen LogP contribution in [0.4, 0.5) is 10.1 Å². The molecule has 1 heterocycles. The average Bonchev–Trinajstić information content (AvgIpc) is 3.03. The number of hydrogen-bond donors (Lipinski definition) is 2. The van der Waals surface area contributed by atoms with Crippen molar-refractivity contribution in [3.05, 3.63) is 71.8 Å². The van der Waals surface area contributed by atoms with Crippen LogP contribution in [0, 0.1) is 12.7 Å². The summed E-state index contributed by atoms with van der Waals surface area (Å²) in [5.74, 6) is -0.980. The van der Waals surface area contributed by atoms with Crippen LogP contribution in [0.2, 0.25) is 0 Å². The Kier molecular flexibility index (Phi) is 5.56. The number of primary amides is 1. The van der Waals surface area contributed by atoms with Crippen LogP contribution in [0.1, 0.15) is 16.1 Å². The standard InChI is InChI=1S/C19H17FN4O2S/c1-12-15(10-22-24(12)14-8-6-13(20)7-9-14)19(26)23-16-4-2-3-5-17(16)27-11-18(21)25/h2-10H,11H2,1H3,(H2,21,25)(H,23,26). The lowest BCUT2D eigenvalue weighted by Crippen LogP contribution is -2.15. The number of benzene rings is 2. The smallest absolute Gasteiger partial charge is 0.259 e. The molecule has 0 aliphatic heterocycles. The maximum absolute atomic E-state index is 13.1. The van der Waals surface area contributed by atoms with Gasteiger partial charge in [-0.3, -0.25) is 9.59 Å². The lowest BCUT2D eigenvalue weighted by molar-refractivity contribution is -0.115. The van der Waals surface area contributed by atoms with Crippen LogP contribution in [0.5, 0.6) is 0 Å². The van der Waals surface area contributed by atoms with E-state index in [-0.39, 0.29) is 17.5 Å². The van der Waals surface area contributed by atoms with Crippen molar-refractivity contribution in [2.24, 2.45) is 5.73 Å². The topological polar surface area (TPSA) is 90.0 Å². The van der Waals surface area contributed by atoms with Crippen LogP contribution in [-0.4, -0.2) is 27.3 Å². The second-order valence-corrected chi connectivity index (χ2v) is 6.75. The second kappa shape index (κ2) is 8.05. The number of halogens is 1. The van der Waals surface area contributed by atoms with Gasteiger partial charge in [0, 0.05) is 4.90 Å². The highest BCUT2D eigenvalue weighted by Gasteiger charge is 2.17. The number of nitrogens with one attached hydrogen (secondary N) is 1. The molecule has 0 atom stereocenters. The van der Waals surface area contributed by atoms with E-state index < -0.39 is 5.91 Å².